The molecule has 7 rings (SSSR count). The van der Waals surface area contributed by atoms with Crippen LogP contribution in [0.1, 0.15) is 24.8 Å². The quantitative estimate of drug-likeness (QED) is 0.750. The highest BCUT2D eigenvalue weighted by molar-refractivity contribution is 6.06. The van der Waals surface area contributed by atoms with E-state index in [2.05, 4.69) is 11.4 Å². The lowest BCUT2D eigenvalue weighted by Gasteiger charge is -2.53. The molecule has 6 nitrogen and oxygen atoms in total. The molecule has 4 fully saturated rings. The second-order valence-electron chi connectivity index (χ2n) is 8.66. The Hall–Kier alpha value is -2.18. The monoisotopic (exact) mass is 380 g/mol. The molecular weight excluding hydrogens is 356 g/mol. The van der Waals surface area contributed by atoms with Crippen LogP contribution in [0.25, 0.3) is 0 Å². The van der Waals surface area contributed by atoms with E-state index in [-0.39, 0.29) is 35.7 Å². The minimum atomic E-state index is -0.646. The van der Waals surface area contributed by atoms with E-state index in [4.69, 9.17) is 9.47 Å². The number of anilines is 1. The fourth-order valence-corrected chi connectivity index (χ4v) is 6.58. The molecule has 6 aliphatic rings. The molecule has 1 aliphatic carbocycles. The number of nitrogens with zero attached hydrogens (tertiary/aromatic N) is 1. The average Bonchev–Trinajstić information content (AvgIpc) is 2.94. The van der Waals surface area contributed by atoms with Crippen molar-refractivity contribution in [3.05, 3.63) is 35.4 Å². The first-order chi connectivity index (χ1) is 13.6. The van der Waals surface area contributed by atoms with Gasteiger partial charge in [0.15, 0.2) is 0 Å². The largest absolute Gasteiger partial charge is 0.497 e. The molecule has 1 aromatic rings. The lowest BCUT2D eigenvalue weighted by Crippen LogP contribution is -2.66. The highest BCUT2D eigenvalue weighted by Crippen LogP contribution is 2.60. The van der Waals surface area contributed by atoms with Crippen molar-refractivity contribution in [2.24, 2.45) is 11.8 Å². The first kappa shape index (κ1) is 16.7. The standard InChI is InChI=1S/C22H24N2O4/c1-27-13-2-3-15-16(8-13)24-19(26)10-17-20-14-9-18(25)22(15,21(20)24)5-6-23-11-12(14)4-7-28-17/h2-4,8,14,17,20-21,23H,5-7,9-11H2,1H3/t14-,17-,20-,21-,22+/m0/s1. The van der Waals surface area contributed by atoms with Gasteiger partial charge in [0, 0.05) is 24.9 Å². The Bertz CT molecular complexity index is 925. The third-order valence-electron chi connectivity index (χ3n) is 7.69. The molecule has 5 atom stereocenters. The number of methoxy groups -OCH3 is 1. The number of carbonyl (C=O) groups excluding carboxylic acids is 2. The van der Waals surface area contributed by atoms with E-state index in [1.165, 1.54) is 5.57 Å². The van der Waals surface area contributed by atoms with Crippen LogP contribution in [0.3, 0.4) is 0 Å². The van der Waals surface area contributed by atoms with Crippen LogP contribution in [0, 0.1) is 11.8 Å². The maximum atomic E-state index is 13.8. The van der Waals surface area contributed by atoms with Crippen LogP contribution in [-0.2, 0) is 19.7 Å². The number of amides is 1. The zero-order valence-corrected chi connectivity index (χ0v) is 15.9. The molecule has 5 heterocycles. The number of Topliss-reactive ketones (excluding diaryl/α,β-unsaturated/α-hetero) is 1. The van der Waals surface area contributed by atoms with Gasteiger partial charge in [0.2, 0.25) is 5.91 Å². The molecule has 0 unspecified atom stereocenters. The van der Waals surface area contributed by atoms with Crippen LogP contribution >= 0.6 is 0 Å². The van der Waals surface area contributed by atoms with E-state index in [9.17, 15) is 9.59 Å². The topological polar surface area (TPSA) is 67.9 Å². The number of hydrogen-bond acceptors (Lipinski definition) is 5. The number of fused-ring (bicyclic) bond motifs is 6. The van der Waals surface area contributed by atoms with Crippen molar-refractivity contribution >= 4 is 17.4 Å². The number of benzene rings is 1. The number of ether oxygens (including phenoxy) is 2. The Balaban J connectivity index is 1.64. The SMILES string of the molecule is COc1ccc2c(c1)N1C(=O)C[C@@H]3OCC=C4CNCC[C@]25C(=O)C[C@@H]4[C@@H]3[C@H]15. The molecule has 28 heavy (non-hydrogen) atoms. The Morgan fingerprint density at radius 1 is 1.29 bits per heavy atom. The van der Waals surface area contributed by atoms with E-state index < -0.39 is 5.41 Å². The number of ketones is 1. The molecule has 1 saturated carbocycles. The van der Waals surface area contributed by atoms with Crippen LogP contribution in [0.5, 0.6) is 5.75 Å². The summed E-state index contributed by atoms with van der Waals surface area (Å²) >= 11 is 0. The predicted octanol–water partition coefficient (Wildman–Crippen LogP) is 1.58. The van der Waals surface area contributed by atoms with Crippen molar-refractivity contribution in [2.75, 3.05) is 31.7 Å². The Morgan fingerprint density at radius 2 is 2.18 bits per heavy atom. The van der Waals surface area contributed by atoms with Crippen LogP contribution in [-0.4, -0.2) is 50.6 Å². The van der Waals surface area contributed by atoms with Gasteiger partial charge in [0.25, 0.3) is 0 Å². The van der Waals surface area contributed by atoms with Gasteiger partial charge in [-0.15, -0.1) is 0 Å². The summed E-state index contributed by atoms with van der Waals surface area (Å²) in [5.74, 6) is 1.36. The van der Waals surface area contributed by atoms with Crippen molar-refractivity contribution in [2.45, 2.75) is 36.8 Å². The van der Waals surface area contributed by atoms with Gasteiger partial charge in [0.05, 0.1) is 43.4 Å². The molecule has 4 bridgehead atoms. The second kappa shape index (κ2) is 5.67. The summed E-state index contributed by atoms with van der Waals surface area (Å²) in [6.45, 7) is 2.09. The molecule has 3 saturated heterocycles. The number of hydrogen-bond donors (Lipinski definition) is 1. The van der Waals surface area contributed by atoms with Crippen molar-refractivity contribution in [3.63, 3.8) is 0 Å². The lowest BCUT2D eigenvalue weighted by molar-refractivity contribution is -0.140. The van der Waals surface area contributed by atoms with Gasteiger partial charge < -0.3 is 19.7 Å². The maximum absolute atomic E-state index is 13.8. The zero-order chi connectivity index (χ0) is 19.0. The fourth-order valence-electron chi connectivity index (χ4n) is 6.58. The van der Waals surface area contributed by atoms with E-state index >= 15 is 0 Å². The van der Waals surface area contributed by atoms with Gasteiger partial charge in [-0.3, -0.25) is 9.59 Å². The predicted molar refractivity (Wildman–Crippen MR) is 102 cm³/mol. The highest BCUT2D eigenvalue weighted by Gasteiger charge is 2.67. The number of piperidine rings is 1. The molecule has 1 aromatic carbocycles. The van der Waals surface area contributed by atoms with Gasteiger partial charge in [-0.1, -0.05) is 17.7 Å². The molecular formula is C22H24N2O4. The summed E-state index contributed by atoms with van der Waals surface area (Å²) in [5, 5.41) is 3.55. The van der Waals surface area contributed by atoms with Crippen molar-refractivity contribution in [1.82, 2.24) is 5.32 Å². The third kappa shape index (κ3) is 1.90. The molecule has 1 amide bonds. The van der Waals surface area contributed by atoms with Gasteiger partial charge in [-0.05, 0) is 30.5 Å². The summed E-state index contributed by atoms with van der Waals surface area (Å²) in [7, 11) is 1.63. The summed E-state index contributed by atoms with van der Waals surface area (Å²) < 4.78 is 11.6. The van der Waals surface area contributed by atoms with E-state index in [1.807, 2.05) is 23.1 Å². The maximum Gasteiger partial charge on any atom is 0.229 e. The average molecular weight is 380 g/mol. The van der Waals surface area contributed by atoms with E-state index in [0.717, 1.165) is 30.1 Å². The molecule has 6 heteroatoms. The van der Waals surface area contributed by atoms with Gasteiger partial charge in [-0.2, -0.15) is 0 Å². The van der Waals surface area contributed by atoms with Crippen molar-refractivity contribution in [1.29, 1.82) is 0 Å². The lowest BCUT2D eigenvalue weighted by atomic mass is 9.55. The smallest absolute Gasteiger partial charge is 0.229 e. The second-order valence-corrected chi connectivity index (χ2v) is 8.66. The Morgan fingerprint density at radius 3 is 3.04 bits per heavy atom. The summed E-state index contributed by atoms with van der Waals surface area (Å²) in [5.41, 5.74) is 2.48. The number of rotatable bonds is 1. The minimum Gasteiger partial charge on any atom is -0.497 e. The summed E-state index contributed by atoms with van der Waals surface area (Å²) in [6, 6.07) is 5.71. The molecule has 0 radical (unpaired) electrons. The first-order valence-corrected chi connectivity index (χ1v) is 10.2. The zero-order valence-electron chi connectivity index (χ0n) is 15.9. The molecule has 146 valence electrons. The first-order valence-electron chi connectivity index (χ1n) is 10.2. The fraction of sp³-hybridized carbons (Fsp3) is 0.545. The van der Waals surface area contributed by atoms with E-state index in [0.29, 0.717) is 25.9 Å². The number of carbonyl (C=O) groups is 2. The number of nitrogens with one attached hydrogen (secondary N) is 1. The summed E-state index contributed by atoms with van der Waals surface area (Å²) in [6.07, 6.45) is 3.66. The molecule has 5 aliphatic heterocycles. The minimum absolute atomic E-state index is 0.0618. The van der Waals surface area contributed by atoms with Gasteiger partial charge in [0.1, 0.15) is 11.5 Å². The van der Waals surface area contributed by atoms with Crippen LogP contribution in [0.2, 0.25) is 0 Å². The van der Waals surface area contributed by atoms with Gasteiger partial charge in [-0.25, -0.2) is 0 Å². The van der Waals surface area contributed by atoms with Crippen molar-refractivity contribution in [3.8, 4) is 5.75 Å². The highest BCUT2D eigenvalue weighted by atomic mass is 16.5. The molecule has 0 aromatic heterocycles. The normalized spacial score (nSPS) is 38.2. The third-order valence-corrected chi connectivity index (χ3v) is 7.69. The Kier molecular flexibility index (Phi) is 3.39. The van der Waals surface area contributed by atoms with E-state index in [1.54, 1.807) is 7.11 Å². The van der Waals surface area contributed by atoms with Crippen LogP contribution in [0.15, 0.2) is 29.8 Å². The summed E-state index contributed by atoms with van der Waals surface area (Å²) in [4.78, 5) is 29.0. The van der Waals surface area contributed by atoms with Gasteiger partial charge >= 0.3 is 0 Å². The van der Waals surface area contributed by atoms with Crippen molar-refractivity contribution < 1.29 is 19.1 Å². The van der Waals surface area contributed by atoms with Crippen LogP contribution < -0.4 is 15.0 Å². The van der Waals surface area contributed by atoms with Crippen LogP contribution in [0.4, 0.5) is 5.69 Å². The Labute approximate surface area is 163 Å². The molecule has 1 spiro atoms. The molecule has 1 N–H and O–H groups in total.